The summed E-state index contributed by atoms with van der Waals surface area (Å²) in [7, 11) is 1.56. The number of ether oxygens (including phenoxy) is 3. The van der Waals surface area contributed by atoms with Crippen molar-refractivity contribution in [2.45, 2.75) is 19.6 Å². The average Bonchev–Trinajstić information content (AvgIpc) is 3.54. The Morgan fingerprint density at radius 2 is 1.93 bits per heavy atom. The van der Waals surface area contributed by atoms with Crippen molar-refractivity contribution in [3.63, 3.8) is 0 Å². The number of carbonyl (C=O) groups excluding carboxylic acids is 1. The normalized spacial score (nSPS) is 14.0. The third-order valence-corrected chi connectivity index (χ3v) is 6.78. The van der Waals surface area contributed by atoms with Crippen LogP contribution in [0.4, 0.5) is 11.6 Å². The summed E-state index contributed by atoms with van der Waals surface area (Å²) < 4.78 is 18.5. The standard InChI is InChI=1S/C29H32N10O4/c1-20(18-39-19-34-36-37-39)43-27-14-21(3-4-23(27)15-30)24-16-32-29(33-17-24)35-25-13-22(5-6-26(25)41-2)28(40)31-7-8-38-9-11-42-12-10-38/h3-6,13-14,16-17,19-20H,7-12,18H2,1-2H3,(H,31,40)(H,32,33,35). The highest BCUT2D eigenvalue weighted by Crippen LogP contribution is 2.30. The number of nitrogens with zero attached hydrogens (tertiary/aromatic N) is 8. The Labute approximate surface area is 248 Å². The van der Waals surface area contributed by atoms with Crippen molar-refractivity contribution in [1.82, 2.24) is 40.4 Å². The van der Waals surface area contributed by atoms with E-state index >= 15 is 0 Å². The lowest BCUT2D eigenvalue weighted by Gasteiger charge is -2.26. The molecule has 1 aliphatic rings. The number of nitrogens with one attached hydrogen (secondary N) is 2. The highest BCUT2D eigenvalue weighted by Gasteiger charge is 2.15. The zero-order valence-corrected chi connectivity index (χ0v) is 23.9. The Balaban J connectivity index is 1.24. The highest BCUT2D eigenvalue weighted by molar-refractivity contribution is 5.95. The first-order chi connectivity index (χ1) is 21.0. The molecule has 0 radical (unpaired) electrons. The summed E-state index contributed by atoms with van der Waals surface area (Å²) in [4.78, 5) is 24.0. The number of hydrogen-bond acceptors (Lipinski definition) is 12. The number of nitriles is 1. The van der Waals surface area contributed by atoms with Crippen molar-refractivity contribution in [1.29, 1.82) is 5.26 Å². The summed E-state index contributed by atoms with van der Waals surface area (Å²) in [6.07, 6.45) is 4.55. The number of amides is 1. The molecule has 2 aromatic carbocycles. The van der Waals surface area contributed by atoms with Crippen LogP contribution in [0.5, 0.6) is 11.5 Å². The third kappa shape index (κ3) is 7.79. The van der Waals surface area contributed by atoms with Gasteiger partial charge in [-0.3, -0.25) is 9.69 Å². The topological polar surface area (TPSA) is 165 Å². The Morgan fingerprint density at radius 3 is 2.65 bits per heavy atom. The Bertz CT molecular complexity index is 1550. The minimum Gasteiger partial charge on any atom is -0.495 e. The van der Waals surface area contributed by atoms with E-state index in [0.717, 1.165) is 44.0 Å². The summed E-state index contributed by atoms with van der Waals surface area (Å²) in [6, 6.07) is 12.6. The van der Waals surface area contributed by atoms with E-state index in [0.29, 0.717) is 47.4 Å². The molecule has 0 aliphatic carbocycles. The quantitative estimate of drug-likeness (QED) is 0.250. The van der Waals surface area contributed by atoms with Crippen LogP contribution in [0.2, 0.25) is 0 Å². The van der Waals surface area contributed by atoms with Crippen molar-refractivity contribution >= 4 is 17.5 Å². The molecule has 2 aromatic heterocycles. The maximum Gasteiger partial charge on any atom is 0.251 e. The van der Waals surface area contributed by atoms with E-state index < -0.39 is 0 Å². The van der Waals surface area contributed by atoms with Crippen LogP contribution < -0.4 is 20.1 Å². The zero-order valence-electron chi connectivity index (χ0n) is 23.9. The molecular weight excluding hydrogens is 552 g/mol. The van der Waals surface area contributed by atoms with Gasteiger partial charge in [-0.05, 0) is 53.2 Å². The molecule has 0 spiro atoms. The molecule has 1 aliphatic heterocycles. The van der Waals surface area contributed by atoms with Gasteiger partial charge in [-0.1, -0.05) is 6.07 Å². The predicted octanol–water partition coefficient (Wildman–Crippen LogP) is 2.28. The molecular formula is C29H32N10O4. The first kappa shape index (κ1) is 29.4. The van der Waals surface area contributed by atoms with Crippen LogP contribution >= 0.6 is 0 Å². The van der Waals surface area contributed by atoms with Crippen molar-refractivity contribution < 1.29 is 19.0 Å². The number of hydrogen-bond donors (Lipinski definition) is 2. The summed E-state index contributed by atoms with van der Waals surface area (Å²) in [6.45, 7) is 6.78. The molecule has 1 saturated heterocycles. The van der Waals surface area contributed by atoms with E-state index in [9.17, 15) is 10.1 Å². The molecule has 1 unspecified atom stereocenters. The molecule has 0 bridgehead atoms. The first-order valence-corrected chi connectivity index (χ1v) is 13.8. The average molecular weight is 585 g/mol. The van der Waals surface area contributed by atoms with Crippen molar-refractivity contribution in [3.05, 3.63) is 66.2 Å². The molecule has 43 heavy (non-hydrogen) atoms. The molecule has 0 saturated carbocycles. The van der Waals surface area contributed by atoms with E-state index in [4.69, 9.17) is 14.2 Å². The number of methoxy groups -OCH3 is 1. The van der Waals surface area contributed by atoms with E-state index in [1.807, 2.05) is 13.0 Å². The predicted molar refractivity (Wildman–Crippen MR) is 156 cm³/mol. The summed E-state index contributed by atoms with van der Waals surface area (Å²) in [5.74, 6) is 1.13. The largest absolute Gasteiger partial charge is 0.495 e. The maximum atomic E-state index is 12.8. The second-order valence-corrected chi connectivity index (χ2v) is 9.83. The fraction of sp³-hybridized carbons (Fsp3) is 0.345. The van der Waals surface area contributed by atoms with E-state index in [1.165, 1.54) is 6.33 Å². The van der Waals surface area contributed by atoms with Crippen molar-refractivity contribution in [3.8, 4) is 28.7 Å². The molecule has 14 heteroatoms. The molecule has 5 rings (SSSR count). The number of aromatic nitrogens is 6. The van der Waals surface area contributed by atoms with Gasteiger partial charge in [0.2, 0.25) is 5.95 Å². The van der Waals surface area contributed by atoms with Gasteiger partial charge in [-0.2, -0.15) is 5.26 Å². The second-order valence-electron chi connectivity index (χ2n) is 9.83. The minimum atomic E-state index is -0.286. The number of morpholine rings is 1. The molecule has 3 heterocycles. The third-order valence-electron chi connectivity index (χ3n) is 6.78. The molecule has 222 valence electrons. The molecule has 1 fully saturated rings. The fourth-order valence-electron chi connectivity index (χ4n) is 4.54. The van der Waals surface area contributed by atoms with Gasteiger partial charge in [-0.25, -0.2) is 14.6 Å². The Hall–Kier alpha value is -5.13. The van der Waals surface area contributed by atoms with Gasteiger partial charge in [0, 0.05) is 49.7 Å². The van der Waals surface area contributed by atoms with Gasteiger partial charge in [0.1, 0.15) is 30.0 Å². The lowest BCUT2D eigenvalue weighted by Crippen LogP contribution is -2.41. The van der Waals surface area contributed by atoms with Gasteiger partial charge in [0.15, 0.2) is 0 Å². The van der Waals surface area contributed by atoms with Crippen LogP contribution in [0.25, 0.3) is 11.1 Å². The number of carbonyl (C=O) groups is 1. The molecule has 1 amide bonds. The second kappa shape index (κ2) is 14.2. The zero-order chi connectivity index (χ0) is 30.0. The lowest BCUT2D eigenvalue weighted by molar-refractivity contribution is 0.0383. The monoisotopic (exact) mass is 584 g/mol. The van der Waals surface area contributed by atoms with Gasteiger partial charge in [0.05, 0.1) is 38.1 Å². The van der Waals surface area contributed by atoms with Gasteiger partial charge in [0.25, 0.3) is 5.91 Å². The number of benzene rings is 2. The molecule has 2 N–H and O–H groups in total. The van der Waals surface area contributed by atoms with Crippen LogP contribution in [0.3, 0.4) is 0 Å². The molecule has 1 atom stereocenters. The molecule has 4 aromatic rings. The van der Waals surface area contributed by atoms with Gasteiger partial charge in [-0.15, -0.1) is 5.10 Å². The SMILES string of the molecule is COc1ccc(C(=O)NCCN2CCOCC2)cc1Nc1ncc(-c2ccc(C#N)c(OC(C)Cn3cnnn3)c2)cn1. The fourth-order valence-corrected chi connectivity index (χ4v) is 4.54. The van der Waals surface area contributed by atoms with E-state index in [2.05, 4.69) is 47.1 Å². The highest BCUT2D eigenvalue weighted by atomic mass is 16.5. The van der Waals surface area contributed by atoms with Crippen LogP contribution in [0.1, 0.15) is 22.8 Å². The number of anilines is 2. The number of rotatable bonds is 12. The smallest absolute Gasteiger partial charge is 0.251 e. The van der Waals surface area contributed by atoms with Crippen molar-refractivity contribution in [2.24, 2.45) is 0 Å². The van der Waals surface area contributed by atoms with Gasteiger partial charge < -0.3 is 24.8 Å². The summed E-state index contributed by atoms with van der Waals surface area (Å²) in [5.41, 5.74) is 2.96. The Kier molecular flexibility index (Phi) is 9.67. The van der Waals surface area contributed by atoms with Crippen molar-refractivity contribution in [2.75, 3.05) is 51.8 Å². The summed E-state index contributed by atoms with van der Waals surface area (Å²) >= 11 is 0. The minimum absolute atomic E-state index is 0.179. The lowest BCUT2D eigenvalue weighted by atomic mass is 10.1. The van der Waals surface area contributed by atoms with Crippen LogP contribution in [0.15, 0.2) is 55.1 Å². The first-order valence-electron chi connectivity index (χ1n) is 13.8. The molecule has 14 nitrogen and oxygen atoms in total. The van der Waals surface area contributed by atoms with Crippen LogP contribution in [0, 0.1) is 11.3 Å². The van der Waals surface area contributed by atoms with Gasteiger partial charge >= 0.3 is 0 Å². The Morgan fingerprint density at radius 1 is 1.12 bits per heavy atom. The number of tetrazole rings is 1. The van der Waals surface area contributed by atoms with Crippen LogP contribution in [-0.2, 0) is 11.3 Å². The van der Waals surface area contributed by atoms with Crippen LogP contribution in [-0.4, -0.2) is 93.6 Å². The van der Waals surface area contributed by atoms with E-state index in [-0.39, 0.29) is 12.0 Å². The van der Waals surface area contributed by atoms with E-state index in [1.54, 1.807) is 54.5 Å². The summed E-state index contributed by atoms with van der Waals surface area (Å²) in [5, 5.41) is 26.8. The maximum absolute atomic E-state index is 12.8.